The van der Waals surface area contributed by atoms with Crippen molar-refractivity contribution in [1.29, 1.82) is 0 Å². The summed E-state index contributed by atoms with van der Waals surface area (Å²) >= 11 is 3.49. The van der Waals surface area contributed by atoms with Gasteiger partial charge in [-0.15, -0.1) is 0 Å². The molecule has 3 rings (SSSR count). The van der Waals surface area contributed by atoms with Crippen LogP contribution in [0.5, 0.6) is 0 Å². The Balaban J connectivity index is 0.000000277. The average Bonchev–Trinajstić information content (AvgIpc) is 2.85. The number of H-pyrrole nitrogens is 1. The summed E-state index contributed by atoms with van der Waals surface area (Å²) in [6.45, 7) is 4.14. The molecule has 2 unspecified atom stereocenters. The summed E-state index contributed by atoms with van der Waals surface area (Å²) in [4.78, 5) is 24.1. The van der Waals surface area contributed by atoms with Gasteiger partial charge in [-0.3, -0.25) is 4.57 Å². The fourth-order valence-electron chi connectivity index (χ4n) is 2.83. The molecular weight excluding hydrogens is 407 g/mol. The number of para-hydroxylation sites is 1. The number of aliphatic carboxylic acids is 1. The standard InChI is InChI=1S/C13H16BrN3O.C2HF3O2/c1-8-7-15-6-5-10(8)17-11-4-2-3-9(14)12(11)16-13(17)18;3-2(4,5)1(6)7/h2-4,8,10,15H,5-7H2,1H3,(H,16,18);(H,6,7). The molecule has 10 heteroatoms. The van der Waals surface area contributed by atoms with Crippen molar-refractivity contribution in [3.63, 3.8) is 0 Å². The second kappa shape index (κ2) is 7.61. The Bertz CT molecular complexity index is 816. The lowest BCUT2D eigenvalue weighted by molar-refractivity contribution is -0.192. The number of hydrogen-bond acceptors (Lipinski definition) is 3. The quantitative estimate of drug-likeness (QED) is 0.657. The van der Waals surface area contributed by atoms with Crippen molar-refractivity contribution in [2.45, 2.75) is 25.6 Å². The third-order valence-corrected chi connectivity index (χ3v) is 4.68. The highest BCUT2D eigenvalue weighted by molar-refractivity contribution is 9.10. The summed E-state index contributed by atoms with van der Waals surface area (Å²) in [5.41, 5.74) is 1.89. The first-order chi connectivity index (χ1) is 11.6. The Morgan fingerprint density at radius 3 is 2.60 bits per heavy atom. The molecule has 25 heavy (non-hydrogen) atoms. The molecule has 1 aromatic carbocycles. The van der Waals surface area contributed by atoms with Crippen LogP contribution >= 0.6 is 15.9 Å². The van der Waals surface area contributed by atoms with E-state index in [-0.39, 0.29) is 11.7 Å². The van der Waals surface area contributed by atoms with Gasteiger partial charge >= 0.3 is 17.8 Å². The molecule has 1 aromatic heterocycles. The fourth-order valence-corrected chi connectivity index (χ4v) is 3.28. The Morgan fingerprint density at radius 2 is 2.04 bits per heavy atom. The summed E-state index contributed by atoms with van der Waals surface area (Å²) in [5.74, 6) is -2.29. The van der Waals surface area contributed by atoms with E-state index < -0.39 is 12.1 Å². The van der Waals surface area contributed by atoms with E-state index >= 15 is 0 Å². The minimum Gasteiger partial charge on any atom is -0.475 e. The highest BCUT2D eigenvalue weighted by Crippen LogP contribution is 2.28. The number of aromatic amines is 1. The molecule has 1 aliphatic heterocycles. The maximum Gasteiger partial charge on any atom is 0.490 e. The zero-order chi connectivity index (χ0) is 18.8. The summed E-state index contributed by atoms with van der Waals surface area (Å²) < 4.78 is 34.6. The van der Waals surface area contributed by atoms with Crippen LogP contribution in [0.15, 0.2) is 27.5 Å². The number of halogens is 4. The smallest absolute Gasteiger partial charge is 0.475 e. The lowest BCUT2D eigenvalue weighted by atomic mass is 9.95. The number of benzene rings is 1. The number of alkyl halides is 3. The van der Waals surface area contributed by atoms with E-state index in [0.717, 1.165) is 35.0 Å². The fraction of sp³-hybridized carbons (Fsp3) is 0.467. The van der Waals surface area contributed by atoms with Crippen molar-refractivity contribution >= 4 is 32.9 Å². The maximum absolute atomic E-state index is 12.2. The lowest BCUT2D eigenvalue weighted by Gasteiger charge is -2.30. The molecule has 6 nitrogen and oxygen atoms in total. The molecule has 3 N–H and O–H groups in total. The van der Waals surface area contributed by atoms with E-state index in [0.29, 0.717) is 5.92 Å². The van der Waals surface area contributed by atoms with E-state index in [9.17, 15) is 18.0 Å². The summed E-state index contributed by atoms with van der Waals surface area (Å²) in [5, 5.41) is 10.5. The van der Waals surface area contributed by atoms with E-state index in [1.54, 1.807) is 0 Å². The highest BCUT2D eigenvalue weighted by atomic mass is 79.9. The molecule has 0 saturated carbocycles. The number of carboxylic acids is 1. The first-order valence-electron chi connectivity index (χ1n) is 7.52. The van der Waals surface area contributed by atoms with Crippen LogP contribution in [0.25, 0.3) is 11.0 Å². The van der Waals surface area contributed by atoms with Gasteiger partial charge in [0.15, 0.2) is 0 Å². The van der Waals surface area contributed by atoms with Gasteiger partial charge in [0.1, 0.15) is 0 Å². The van der Waals surface area contributed by atoms with Crippen molar-refractivity contribution in [3.8, 4) is 0 Å². The Labute approximate surface area is 149 Å². The van der Waals surface area contributed by atoms with Crippen LogP contribution in [0, 0.1) is 5.92 Å². The topological polar surface area (TPSA) is 87.1 Å². The molecule has 1 saturated heterocycles. The molecule has 0 bridgehead atoms. The number of fused-ring (bicyclic) bond motifs is 1. The van der Waals surface area contributed by atoms with Gasteiger partial charge in [0.05, 0.1) is 11.0 Å². The molecule has 0 amide bonds. The first kappa shape index (κ1) is 19.5. The van der Waals surface area contributed by atoms with Crippen LogP contribution in [0.4, 0.5) is 13.2 Å². The van der Waals surface area contributed by atoms with Crippen molar-refractivity contribution in [1.82, 2.24) is 14.9 Å². The van der Waals surface area contributed by atoms with Crippen molar-refractivity contribution in [3.05, 3.63) is 33.2 Å². The Morgan fingerprint density at radius 1 is 1.40 bits per heavy atom. The summed E-state index contributed by atoms with van der Waals surface area (Å²) in [6.07, 6.45) is -4.08. The van der Waals surface area contributed by atoms with Crippen molar-refractivity contribution in [2.24, 2.45) is 5.92 Å². The van der Waals surface area contributed by atoms with E-state index in [1.165, 1.54) is 0 Å². The number of carboxylic acid groups (broad SMARTS) is 1. The van der Waals surface area contributed by atoms with Gasteiger partial charge in [-0.1, -0.05) is 13.0 Å². The van der Waals surface area contributed by atoms with Crippen LogP contribution in [-0.4, -0.2) is 39.9 Å². The maximum atomic E-state index is 12.2. The minimum atomic E-state index is -5.08. The second-order valence-electron chi connectivity index (χ2n) is 5.77. The van der Waals surface area contributed by atoms with Crippen LogP contribution in [0.2, 0.25) is 0 Å². The average molecular weight is 424 g/mol. The van der Waals surface area contributed by atoms with Crippen LogP contribution in [0.1, 0.15) is 19.4 Å². The highest BCUT2D eigenvalue weighted by Gasteiger charge is 2.38. The predicted molar refractivity (Wildman–Crippen MR) is 89.6 cm³/mol. The number of nitrogens with one attached hydrogen (secondary N) is 2. The van der Waals surface area contributed by atoms with Gasteiger partial charge in [-0.05, 0) is 53.5 Å². The molecule has 2 heterocycles. The molecule has 0 radical (unpaired) electrons. The third-order valence-electron chi connectivity index (χ3n) is 4.02. The van der Waals surface area contributed by atoms with Gasteiger partial charge < -0.3 is 15.4 Å². The number of imidazole rings is 1. The molecule has 2 atom stereocenters. The zero-order valence-corrected chi connectivity index (χ0v) is 14.8. The van der Waals surface area contributed by atoms with Crippen LogP contribution in [0.3, 0.4) is 0 Å². The SMILES string of the molecule is CC1CNCCC1n1c(=O)[nH]c2c(Br)cccc21.O=C(O)C(F)(F)F. The number of carbonyl (C=O) groups is 1. The van der Waals surface area contributed by atoms with Crippen molar-refractivity contribution in [2.75, 3.05) is 13.1 Å². The predicted octanol–water partition coefficient (Wildman–Crippen LogP) is 2.90. The lowest BCUT2D eigenvalue weighted by Crippen LogP contribution is -2.39. The van der Waals surface area contributed by atoms with Gasteiger partial charge in [-0.2, -0.15) is 13.2 Å². The molecular formula is C15H17BrF3N3O3. The third kappa shape index (κ3) is 4.43. The first-order valence-corrected chi connectivity index (χ1v) is 8.31. The Kier molecular flexibility index (Phi) is 5.94. The van der Waals surface area contributed by atoms with Gasteiger partial charge in [0.25, 0.3) is 0 Å². The van der Waals surface area contributed by atoms with Gasteiger partial charge in [0, 0.05) is 10.5 Å². The molecule has 0 spiro atoms. The van der Waals surface area contributed by atoms with Crippen molar-refractivity contribution < 1.29 is 23.1 Å². The van der Waals surface area contributed by atoms with E-state index in [1.807, 2.05) is 22.8 Å². The molecule has 138 valence electrons. The van der Waals surface area contributed by atoms with Crippen LogP contribution < -0.4 is 11.0 Å². The Hall–Kier alpha value is -1.81. The number of piperidine rings is 1. The number of nitrogens with zero attached hydrogens (tertiary/aromatic N) is 1. The number of rotatable bonds is 1. The zero-order valence-electron chi connectivity index (χ0n) is 13.2. The largest absolute Gasteiger partial charge is 0.490 e. The molecule has 1 aliphatic rings. The molecule has 1 fully saturated rings. The normalized spacial score (nSPS) is 20.8. The van der Waals surface area contributed by atoms with Crippen LogP contribution in [-0.2, 0) is 4.79 Å². The summed E-state index contributed by atoms with van der Waals surface area (Å²) in [7, 11) is 0. The van der Waals surface area contributed by atoms with E-state index in [4.69, 9.17) is 9.90 Å². The monoisotopic (exact) mass is 423 g/mol. The minimum absolute atomic E-state index is 0.00403. The molecule has 0 aliphatic carbocycles. The second-order valence-corrected chi connectivity index (χ2v) is 6.63. The van der Waals surface area contributed by atoms with Gasteiger partial charge in [0.2, 0.25) is 0 Å². The summed E-state index contributed by atoms with van der Waals surface area (Å²) in [6, 6.07) is 6.21. The van der Waals surface area contributed by atoms with E-state index in [2.05, 4.69) is 33.2 Å². The number of hydrogen-bond donors (Lipinski definition) is 3. The number of aromatic nitrogens is 2. The molecule has 2 aromatic rings. The van der Waals surface area contributed by atoms with Gasteiger partial charge in [-0.25, -0.2) is 9.59 Å².